The molecule has 9 heteroatoms. The van der Waals surface area contributed by atoms with Crippen molar-refractivity contribution < 1.29 is 13.9 Å². The number of ether oxygens (including phenoxy) is 1. The first-order chi connectivity index (χ1) is 10.9. The van der Waals surface area contributed by atoms with Crippen molar-refractivity contribution >= 4 is 35.3 Å². The number of carbonyl (C=O) groups excluding carboxylic acids is 1. The minimum atomic E-state index is -0.539. The first kappa shape index (κ1) is 17.2. The highest BCUT2D eigenvalue weighted by Gasteiger charge is 2.11. The summed E-state index contributed by atoms with van der Waals surface area (Å²) in [5, 5.41) is 8.33. The molecule has 122 valence electrons. The summed E-state index contributed by atoms with van der Waals surface area (Å²) in [6.45, 7) is 1.32. The molecule has 1 N–H and O–H groups in total. The molecule has 0 aliphatic heterocycles. The second kappa shape index (κ2) is 7.43. The van der Waals surface area contributed by atoms with Gasteiger partial charge in [0.1, 0.15) is 5.75 Å². The lowest BCUT2D eigenvalue weighted by molar-refractivity contribution is -0.123. The number of aromatic nitrogens is 2. The average molecular weight is 359 g/mol. The fraction of sp³-hybridized carbons (Fsp3) is 0.214. The highest BCUT2D eigenvalue weighted by molar-refractivity contribution is 6.34. The number of nitrogens with zero attached hydrogens (tertiary/aromatic N) is 3. The highest BCUT2D eigenvalue weighted by atomic mass is 35.5. The maximum absolute atomic E-state index is 13.6. The minimum absolute atomic E-state index is 0.201. The molecule has 0 aliphatic rings. The number of hydrogen-bond donors (Lipinski definition) is 1. The largest absolute Gasteiger partial charge is 0.482 e. The first-order valence-corrected chi connectivity index (χ1v) is 7.23. The normalized spacial score (nSPS) is 11.0. The lowest BCUT2D eigenvalue weighted by Crippen LogP contribution is -2.24. The van der Waals surface area contributed by atoms with Crippen molar-refractivity contribution in [2.45, 2.75) is 6.92 Å². The standard InChI is InChI=1S/C14H13Cl2FN4O2/c1-8-10(14(17)21(2)20-8)6-18-19-13(22)7-23-12-5-9(15)3-4-11(12)16/h3-6H,7H2,1-2H3,(H,19,22)/b18-6+. The molecule has 0 saturated carbocycles. The van der Waals surface area contributed by atoms with E-state index in [-0.39, 0.29) is 17.9 Å². The van der Waals surface area contributed by atoms with Gasteiger partial charge < -0.3 is 4.74 Å². The molecule has 0 bridgehead atoms. The molecule has 0 atom stereocenters. The third-order valence-electron chi connectivity index (χ3n) is 2.83. The molecule has 6 nitrogen and oxygen atoms in total. The van der Waals surface area contributed by atoms with Gasteiger partial charge in [-0.2, -0.15) is 14.6 Å². The number of amides is 1. The Labute approximate surface area is 141 Å². The van der Waals surface area contributed by atoms with Gasteiger partial charge in [-0.05, 0) is 19.1 Å². The van der Waals surface area contributed by atoms with Crippen molar-refractivity contribution in [2.75, 3.05) is 6.61 Å². The van der Waals surface area contributed by atoms with Crippen LogP contribution in [0.1, 0.15) is 11.3 Å². The monoisotopic (exact) mass is 358 g/mol. The molecule has 2 rings (SSSR count). The number of benzene rings is 1. The zero-order chi connectivity index (χ0) is 17.0. The van der Waals surface area contributed by atoms with Gasteiger partial charge in [-0.3, -0.25) is 4.79 Å². The number of carbonyl (C=O) groups is 1. The highest BCUT2D eigenvalue weighted by Crippen LogP contribution is 2.27. The quantitative estimate of drug-likeness (QED) is 0.659. The van der Waals surface area contributed by atoms with Crippen LogP contribution in [0.5, 0.6) is 5.75 Å². The zero-order valence-corrected chi connectivity index (χ0v) is 13.8. The van der Waals surface area contributed by atoms with Gasteiger partial charge in [0.25, 0.3) is 5.91 Å². The number of nitrogens with one attached hydrogen (secondary N) is 1. The van der Waals surface area contributed by atoms with Gasteiger partial charge in [0, 0.05) is 18.1 Å². The smallest absolute Gasteiger partial charge is 0.277 e. The van der Waals surface area contributed by atoms with Gasteiger partial charge in [-0.15, -0.1) is 0 Å². The van der Waals surface area contributed by atoms with Gasteiger partial charge in [0.15, 0.2) is 6.61 Å². The lowest BCUT2D eigenvalue weighted by atomic mass is 10.3. The second-order valence-electron chi connectivity index (χ2n) is 4.57. The predicted octanol–water partition coefficient (Wildman–Crippen LogP) is 2.70. The third kappa shape index (κ3) is 4.43. The van der Waals surface area contributed by atoms with Crippen LogP contribution < -0.4 is 10.2 Å². The summed E-state index contributed by atoms with van der Waals surface area (Å²) in [7, 11) is 1.47. The van der Waals surface area contributed by atoms with E-state index in [9.17, 15) is 9.18 Å². The van der Waals surface area contributed by atoms with E-state index in [0.717, 1.165) is 4.68 Å². The Balaban J connectivity index is 1.90. The number of hydrogen-bond acceptors (Lipinski definition) is 4. The van der Waals surface area contributed by atoms with Crippen molar-refractivity contribution in [2.24, 2.45) is 12.1 Å². The molecule has 0 unspecified atom stereocenters. The average Bonchev–Trinajstić information content (AvgIpc) is 2.74. The van der Waals surface area contributed by atoms with Crippen LogP contribution in [0.25, 0.3) is 0 Å². The lowest BCUT2D eigenvalue weighted by Gasteiger charge is -2.07. The van der Waals surface area contributed by atoms with Crippen LogP contribution in [0.15, 0.2) is 23.3 Å². The molecule has 1 aromatic carbocycles. The van der Waals surface area contributed by atoms with E-state index < -0.39 is 11.9 Å². The van der Waals surface area contributed by atoms with Gasteiger partial charge in [0.05, 0.1) is 22.5 Å². The summed E-state index contributed by atoms with van der Waals surface area (Å²) in [6.07, 6.45) is 1.18. The molecule has 0 fully saturated rings. The van der Waals surface area contributed by atoms with Crippen LogP contribution in [0, 0.1) is 12.9 Å². The van der Waals surface area contributed by atoms with E-state index in [1.807, 2.05) is 0 Å². The van der Waals surface area contributed by atoms with E-state index in [1.54, 1.807) is 19.1 Å². The summed E-state index contributed by atoms with van der Waals surface area (Å²) < 4.78 is 20.0. The van der Waals surface area contributed by atoms with Gasteiger partial charge in [0.2, 0.25) is 5.95 Å². The number of halogens is 3. The van der Waals surface area contributed by atoms with Crippen molar-refractivity contribution in [3.8, 4) is 5.75 Å². The Morgan fingerprint density at radius 2 is 2.26 bits per heavy atom. The SMILES string of the molecule is Cc1nn(C)c(F)c1/C=N/NC(=O)COc1cc(Cl)ccc1Cl. The number of rotatable bonds is 5. The molecule has 0 aliphatic carbocycles. The summed E-state index contributed by atoms with van der Waals surface area (Å²) in [6, 6.07) is 4.66. The fourth-order valence-corrected chi connectivity index (χ4v) is 2.06. The molecule has 0 radical (unpaired) electrons. The molecule has 0 saturated heterocycles. The van der Waals surface area contributed by atoms with Gasteiger partial charge in [-0.1, -0.05) is 23.2 Å². The first-order valence-electron chi connectivity index (χ1n) is 6.47. The van der Waals surface area contributed by atoms with Gasteiger partial charge in [-0.25, -0.2) is 10.1 Å². The van der Waals surface area contributed by atoms with Crippen molar-refractivity contribution in [3.05, 3.63) is 45.4 Å². The third-order valence-corrected chi connectivity index (χ3v) is 3.38. The van der Waals surface area contributed by atoms with Crippen LogP contribution >= 0.6 is 23.2 Å². The number of aryl methyl sites for hydroxylation is 2. The maximum Gasteiger partial charge on any atom is 0.277 e. The minimum Gasteiger partial charge on any atom is -0.482 e. The molecule has 2 aromatic rings. The second-order valence-corrected chi connectivity index (χ2v) is 5.41. The van der Waals surface area contributed by atoms with Crippen LogP contribution in [0.4, 0.5) is 4.39 Å². The predicted molar refractivity (Wildman–Crippen MR) is 85.6 cm³/mol. The summed E-state index contributed by atoms with van der Waals surface area (Å²) >= 11 is 11.7. The van der Waals surface area contributed by atoms with E-state index in [2.05, 4.69) is 15.6 Å². The molecule has 23 heavy (non-hydrogen) atoms. The van der Waals surface area contributed by atoms with E-state index >= 15 is 0 Å². The number of hydrazone groups is 1. The van der Waals surface area contributed by atoms with Crippen molar-refractivity contribution in [3.63, 3.8) is 0 Å². The zero-order valence-electron chi connectivity index (χ0n) is 12.3. The Hall–Kier alpha value is -2.12. The Bertz CT molecular complexity index is 761. The Morgan fingerprint density at radius 1 is 1.52 bits per heavy atom. The van der Waals surface area contributed by atoms with Crippen LogP contribution in [0.3, 0.4) is 0 Å². The molecular weight excluding hydrogens is 346 g/mol. The molecule has 1 heterocycles. The van der Waals surface area contributed by atoms with Crippen LogP contribution in [-0.4, -0.2) is 28.5 Å². The molecule has 0 spiro atoms. The van der Waals surface area contributed by atoms with E-state index in [0.29, 0.717) is 15.7 Å². The molecule has 1 aromatic heterocycles. The summed E-state index contributed by atoms with van der Waals surface area (Å²) in [5.74, 6) is -0.783. The molecular formula is C14H13Cl2FN4O2. The topological polar surface area (TPSA) is 68.5 Å². The van der Waals surface area contributed by atoms with E-state index in [1.165, 1.54) is 19.3 Å². The summed E-state index contributed by atoms with van der Waals surface area (Å²) in [4.78, 5) is 11.6. The van der Waals surface area contributed by atoms with Crippen molar-refractivity contribution in [1.29, 1.82) is 0 Å². The van der Waals surface area contributed by atoms with Crippen molar-refractivity contribution in [1.82, 2.24) is 15.2 Å². The molecule has 1 amide bonds. The van der Waals surface area contributed by atoms with Crippen LogP contribution in [0.2, 0.25) is 10.0 Å². The van der Waals surface area contributed by atoms with Gasteiger partial charge >= 0.3 is 0 Å². The summed E-state index contributed by atoms with van der Waals surface area (Å²) in [5.41, 5.74) is 2.89. The fourth-order valence-electron chi connectivity index (χ4n) is 1.73. The Morgan fingerprint density at radius 3 is 2.91 bits per heavy atom. The van der Waals surface area contributed by atoms with E-state index in [4.69, 9.17) is 27.9 Å². The Kier molecular flexibility index (Phi) is 5.57. The van der Waals surface area contributed by atoms with Crippen LogP contribution in [-0.2, 0) is 11.8 Å². The maximum atomic E-state index is 13.6.